The van der Waals surface area contributed by atoms with E-state index in [1.807, 2.05) is 18.3 Å². The fraction of sp³-hybridized carbons (Fsp3) is 0.364. The molecule has 0 saturated heterocycles. The van der Waals surface area contributed by atoms with Crippen molar-refractivity contribution in [2.75, 3.05) is 0 Å². The lowest BCUT2D eigenvalue weighted by Gasteiger charge is -2.09. The van der Waals surface area contributed by atoms with Gasteiger partial charge in [0, 0.05) is 18.1 Å². The van der Waals surface area contributed by atoms with Crippen LogP contribution in [-0.2, 0) is 6.54 Å². The number of rotatable bonds is 3. The van der Waals surface area contributed by atoms with Crippen molar-refractivity contribution < 1.29 is 0 Å². The van der Waals surface area contributed by atoms with Crippen LogP contribution in [0, 0.1) is 4.77 Å². The summed E-state index contributed by atoms with van der Waals surface area (Å²) >= 11 is 5.25. The Balaban J connectivity index is 2.34. The van der Waals surface area contributed by atoms with Crippen molar-refractivity contribution in [3.63, 3.8) is 0 Å². The second-order valence-corrected chi connectivity index (χ2v) is 4.36. The van der Waals surface area contributed by atoms with E-state index in [0.29, 0.717) is 12.5 Å². The maximum atomic E-state index is 5.25. The van der Waals surface area contributed by atoms with Crippen LogP contribution in [0.15, 0.2) is 24.5 Å². The molecule has 2 aromatic heterocycles. The number of aromatic nitrogens is 4. The van der Waals surface area contributed by atoms with Crippen LogP contribution in [0.3, 0.4) is 0 Å². The first kappa shape index (κ1) is 11.0. The van der Waals surface area contributed by atoms with Gasteiger partial charge in [-0.2, -0.15) is 10.2 Å². The summed E-state index contributed by atoms with van der Waals surface area (Å²) in [5.41, 5.74) is 2.11. The summed E-state index contributed by atoms with van der Waals surface area (Å²) in [7, 11) is 0. The molecule has 0 aliphatic rings. The summed E-state index contributed by atoms with van der Waals surface area (Å²) in [6.07, 6.45) is 3.63. The summed E-state index contributed by atoms with van der Waals surface area (Å²) in [6, 6.07) is 3.83. The molecule has 84 valence electrons. The molecule has 0 radical (unpaired) electrons. The minimum absolute atomic E-state index is 0.435. The number of imidazole rings is 1. The third kappa shape index (κ3) is 2.19. The Bertz CT molecular complexity index is 512. The first-order valence-corrected chi connectivity index (χ1v) is 5.64. The van der Waals surface area contributed by atoms with Crippen molar-refractivity contribution >= 4 is 12.2 Å². The molecule has 0 unspecified atom stereocenters. The largest absolute Gasteiger partial charge is 0.337 e. The van der Waals surface area contributed by atoms with Crippen LogP contribution >= 0.6 is 12.2 Å². The van der Waals surface area contributed by atoms with Gasteiger partial charge in [0.05, 0.1) is 12.2 Å². The van der Waals surface area contributed by atoms with Crippen LogP contribution < -0.4 is 0 Å². The number of aromatic amines is 1. The summed E-state index contributed by atoms with van der Waals surface area (Å²) < 4.78 is 2.79. The molecule has 0 amide bonds. The highest BCUT2D eigenvalue weighted by Gasteiger charge is 2.08. The molecule has 0 bridgehead atoms. The van der Waals surface area contributed by atoms with Gasteiger partial charge in [0.2, 0.25) is 0 Å². The quantitative estimate of drug-likeness (QED) is 0.830. The van der Waals surface area contributed by atoms with E-state index in [4.69, 9.17) is 12.2 Å². The van der Waals surface area contributed by atoms with Crippen molar-refractivity contribution in [1.82, 2.24) is 19.7 Å². The summed E-state index contributed by atoms with van der Waals surface area (Å²) in [6.45, 7) is 4.96. The highest BCUT2D eigenvalue weighted by Crippen LogP contribution is 2.15. The Morgan fingerprint density at radius 1 is 1.50 bits per heavy atom. The topological polar surface area (TPSA) is 46.5 Å². The van der Waals surface area contributed by atoms with Crippen LogP contribution in [0.2, 0.25) is 0 Å². The lowest BCUT2D eigenvalue weighted by Crippen LogP contribution is -2.07. The van der Waals surface area contributed by atoms with Crippen LogP contribution in [0.5, 0.6) is 0 Å². The zero-order valence-electron chi connectivity index (χ0n) is 9.34. The van der Waals surface area contributed by atoms with Crippen molar-refractivity contribution in [2.24, 2.45) is 0 Å². The van der Waals surface area contributed by atoms with E-state index in [-0.39, 0.29) is 0 Å². The average molecular weight is 234 g/mol. The number of nitrogens with one attached hydrogen (secondary N) is 1. The number of H-pyrrole nitrogens is 1. The monoisotopic (exact) mass is 234 g/mol. The molecule has 0 atom stereocenters. The standard InChI is InChI=1S/C11H14N4S/c1-8(2)10-6-12-11(16)15(10)7-9-4-3-5-13-14-9/h3-6,8H,7H2,1-2H3,(H,12,16). The molecule has 0 aliphatic heterocycles. The van der Waals surface area contributed by atoms with Gasteiger partial charge < -0.3 is 9.55 Å². The van der Waals surface area contributed by atoms with Gasteiger partial charge in [-0.25, -0.2) is 0 Å². The van der Waals surface area contributed by atoms with Crippen molar-refractivity contribution in [1.29, 1.82) is 0 Å². The molecular weight excluding hydrogens is 220 g/mol. The van der Waals surface area contributed by atoms with E-state index in [2.05, 4.69) is 33.6 Å². The maximum absolute atomic E-state index is 5.25. The van der Waals surface area contributed by atoms with Gasteiger partial charge in [-0.3, -0.25) is 0 Å². The Morgan fingerprint density at radius 3 is 2.94 bits per heavy atom. The minimum atomic E-state index is 0.435. The van der Waals surface area contributed by atoms with E-state index in [0.717, 1.165) is 10.5 Å². The Hall–Kier alpha value is -1.49. The molecule has 2 rings (SSSR count). The molecule has 0 fully saturated rings. The van der Waals surface area contributed by atoms with E-state index in [1.165, 1.54) is 5.69 Å². The maximum Gasteiger partial charge on any atom is 0.177 e. The summed E-state index contributed by atoms with van der Waals surface area (Å²) in [4.78, 5) is 3.07. The fourth-order valence-electron chi connectivity index (χ4n) is 1.63. The fourth-order valence-corrected chi connectivity index (χ4v) is 1.86. The molecular formula is C11H14N4S. The smallest absolute Gasteiger partial charge is 0.177 e. The molecule has 0 spiro atoms. The molecule has 4 nitrogen and oxygen atoms in total. The molecule has 0 aromatic carbocycles. The van der Waals surface area contributed by atoms with Gasteiger partial charge in [0.15, 0.2) is 4.77 Å². The van der Waals surface area contributed by atoms with Crippen LogP contribution in [-0.4, -0.2) is 19.7 Å². The zero-order chi connectivity index (χ0) is 11.5. The number of hydrogen-bond acceptors (Lipinski definition) is 3. The highest BCUT2D eigenvalue weighted by molar-refractivity contribution is 7.71. The van der Waals surface area contributed by atoms with Crippen molar-refractivity contribution in [3.05, 3.63) is 40.7 Å². The second-order valence-electron chi connectivity index (χ2n) is 3.97. The highest BCUT2D eigenvalue weighted by atomic mass is 32.1. The SMILES string of the molecule is CC(C)c1c[nH]c(=S)n1Cc1cccnn1. The first-order valence-electron chi connectivity index (χ1n) is 5.23. The van der Waals surface area contributed by atoms with E-state index in [1.54, 1.807) is 6.20 Å². The second kappa shape index (κ2) is 4.57. The molecule has 5 heteroatoms. The Morgan fingerprint density at radius 2 is 2.31 bits per heavy atom. The Kier molecular flexibility index (Phi) is 3.14. The molecule has 1 N–H and O–H groups in total. The lowest BCUT2D eigenvalue weighted by atomic mass is 10.1. The third-order valence-electron chi connectivity index (χ3n) is 2.44. The number of hydrogen-bond donors (Lipinski definition) is 1. The van der Waals surface area contributed by atoms with Crippen molar-refractivity contribution in [3.8, 4) is 0 Å². The van der Waals surface area contributed by atoms with Gasteiger partial charge in [0.1, 0.15) is 0 Å². The molecule has 0 saturated carbocycles. The molecule has 16 heavy (non-hydrogen) atoms. The van der Waals surface area contributed by atoms with Gasteiger partial charge in [0.25, 0.3) is 0 Å². The van der Waals surface area contributed by atoms with Gasteiger partial charge >= 0.3 is 0 Å². The summed E-state index contributed by atoms with van der Waals surface area (Å²) in [5, 5.41) is 7.93. The van der Waals surface area contributed by atoms with Gasteiger partial charge in [-0.1, -0.05) is 13.8 Å². The first-order chi connectivity index (χ1) is 7.68. The van der Waals surface area contributed by atoms with Crippen LogP contribution in [0.25, 0.3) is 0 Å². The number of nitrogens with zero attached hydrogens (tertiary/aromatic N) is 3. The summed E-state index contributed by atoms with van der Waals surface area (Å²) in [5.74, 6) is 0.435. The molecule has 0 aliphatic carbocycles. The minimum Gasteiger partial charge on any atom is -0.337 e. The molecule has 2 aromatic rings. The average Bonchev–Trinajstić information content (AvgIpc) is 2.62. The van der Waals surface area contributed by atoms with Crippen molar-refractivity contribution in [2.45, 2.75) is 26.3 Å². The van der Waals surface area contributed by atoms with Gasteiger partial charge in [-0.05, 0) is 30.3 Å². The molecule has 2 heterocycles. The van der Waals surface area contributed by atoms with E-state index < -0.39 is 0 Å². The predicted octanol–water partition coefficient (Wildman–Crippen LogP) is 2.51. The zero-order valence-corrected chi connectivity index (χ0v) is 10.2. The predicted molar refractivity (Wildman–Crippen MR) is 64.8 cm³/mol. The van der Waals surface area contributed by atoms with E-state index in [9.17, 15) is 0 Å². The van der Waals surface area contributed by atoms with Gasteiger partial charge in [-0.15, -0.1) is 0 Å². The van der Waals surface area contributed by atoms with E-state index >= 15 is 0 Å². The Labute approximate surface area is 99.4 Å². The van der Waals surface area contributed by atoms with Crippen LogP contribution in [0.1, 0.15) is 31.2 Å². The third-order valence-corrected chi connectivity index (χ3v) is 2.78. The normalized spacial score (nSPS) is 10.9. The van der Waals surface area contributed by atoms with Crippen LogP contribution in [0.4, 0.5) is 0 Å². The lowest BCUT2D eigenvalue weighted by molar-refractivity contribution is 0.666.